The van der Waals surface area contributed by atoms with Crippen LogP contribution in [0, 0.1) is 0 Å². The molecule has 1 aliphatic heterocycles. The van der Waals surface area contributed by atoms with Gasteiger partial charge in [0.05, 0.1) is 0 Å². The highest BCUT2D eigenvalue weighted by Gasteiger charge is 2.45. The number of hydrogen-bond donors (Lipinski definition) is 1. The largest absolute Gasteiger partial charge is 0.365 e. The van der Waals surface area contributed by atoms with Gasteiger partial charge >= 0.3 is 0 Å². The lowest BCUT2D eigenvalue weighted by atomic mass is 9.86. The van der Waals surface area contributed by atoms with Crippen LogP contribution < -0.4 is 0 Å². The smallest absolute Gasteiger partial charge is 0.276 e. The van der Waals surface area contributed by atoms with Crippen molar-refractivity contribution in [3.05, 3.63) is 71.3 Å². The van der Waals surface area contributed by atoms with Gasteiger partial charge in [0.15, 0.2) is 5.72 Å². The first-order valence-corrected chi connectivity index (χ1v) is 9.05. The summed E-state index contributed by atoms with van der Waals surface area (Å²) in [4.78, 5) is 13.1. The lowest BCUT2D eigenvalue weighted by molar-refractivity contribution is -0.0765. The molecule has 0 saturated heterocycles. The van der Waals surface area contributed by atoms with E-state index in [4.69, 9.17) is 0 Å². The van der Waals surface area contributed by atoms with Crippen LogP contribution in [0.1, 0.15) is 62.0 Å². The molecule has 1 N–H and O–H groups in total. The van der Waals surface area contributed by atoms with E-state index >= 15 is 0 Å². The molecule has 0 aliphatic carbocycles. The minimum Gasteiger partial charge on any atom is -0.365 e. The minimum atomic E-state index is -1.44. The maximum absolute atomic E-state index is 13.1. The normalized spacial score (nSPS) is 20.2. The van der Waals surface area contributed by atoms with E-state index in [2.05, 4.69) is 25.9 Å². The van der Waals surface area contributed by atoms with Crippen molar-refractivity contribution in [3.8, 4) is 0 Å². The number of rotatable bonds is 3. The van der Waals surface area contributed by atoms with Crippen LogP contribution in [0.25, 0.3) is 0 Å². The highest BCUT2D eigenvalue weighted by molar-refractivity contribution is 5.98. The number of nitrogens with zero attached hydrogens (tertiary/aromatic N) is 2. The van der Waals surface area contributed by atoms with E-state index in [1.807, 2.05) is 61.5 Å². The fraction of sp³-hybridized carbons (Fsp3) is 0.364. The molecule has 1 amide bonds. The second-order valence-corrected chi connectivity index (χ2v) is 7.82. The van der Waals surface area contributed by atoms with Gasteiger partial charge in [0.1, 0.15) is 0 Å². The number of benzene rings is 2. The van der Waals surface area contributed by atoms with Gasteiger partial charge in [-0.15, -0.1) is 0 Å². The van der Waals surface area contributed by atoms with Crippen LogP contribution in [0.2, 0.25) is 0 Å². The summed E-state index contributed by atoms with van der Waals surface area (Å²) < 4.78 is 0. The molecule has 4 heteroatoms. The van der Waals surface area contributed by atoms with Gasteiger partial charge in [0.25, 0.3) is 5.91 Å². The van der Waals surface area contributed by atoms with E-state index in [-0.39, 0.29) is 11.3 Å². The van der Waals surface area contributed by atoms with Crippen LogP contribution in [-0.2, 0) is 11.1 Å². The number of carbonyl (C=O) groups excluding carboxylic acids is 1. The Labute approximate surface area is 155 Å². The van der Waals surface area contributed by atoms with Gasteiger partial charge in [-0.05, 0) is 29.5 Å². The van der Waals surface area contributed by atoms with E-state index in [1.165, 1.54) is 5.01 Å². The number of hydrazone groups is 1. The molecule has 2 aromatic rings. The first-order chi connectivity index (χ1) is 12.3. The summed E-state index contributed by atoms with van der Waals surface area (Å²) in [5.41, 5.74) is 1.75. The van der Waals surface area contributed by atoms with Gasteiger partial charge in [0, 0.05) is 23.3 Å². The van der Waals surface area contributed by atoms with Crippen molar-refractivity contribution in [2.45, 2.75) is 51.7 Å². The number of hydrogen-bond acceptors (Lipinski definition) is 3. The maximum atomic E-state index is 13.1. The Bertz CT molecular complexity index is 819. The SMILES string of the molecule is CCC1=NN(C(=O)c2ccc(C(C)(C)C)cc2)C(O)(c2ccccc2)C1. The van der Waals surface area contributed by atoms with Gasteiger partial charge in [0.2, 0.25) is 0 Å². The third-order valence-corrected chi connectivity index (χ3v) is 4.88. The van der Waals surface area contributed by atoms with Gasteiger partial charge in [-0.2, -0.15) is 10.1 Å². The highest BCUT2D eigenvalue weighted by atomic mass is 16.3. The van der Waals surface area contributed by atoms with Crippen molar-refractivity contribution < 1.29 is 9.90 Å². The Morgan fingerprint density at radius 1 is 1.12 bits per heavy atom. The Hall–Kier alpha value is -2.46. The number of carbonyl (C=O) groups is 1. The van der Waals surface area contributed by atoms with Crippen LogP contribution in [0.3, 0.4) is 0 Å². The topological polar surface area (TPSA) is 52.9 Å². The maximum Gasteiger partial charge on any atom is 0.276 e. The van der Waals surface area contributed by atoms with Crippen molar-refractivity contribution in [2.24, 2.45) is 5.10 Å². The van der Waals surface area contributed by atoms with Crippen molar-refractivity contribution in [1.29, 1.82) is 0 Å². The molecular formula is C22H26N2O2. The number of aliphatic hydroxyl groups is 1. The molecule has 4 nitrogen and oxygen atoms in total. The zero-order chi connectivity index (χ0) is 18.9. The van der Waals surface area contributed by atoms with Crippen molar-refractivity contribution in [2.75, 3.05) is 0 Å². The first-order valence-electron chi connectivity index (χ1n) is 9.05. The molecule has 1 aliphatic rings. The molecule has 26 heavy (non-hydrogen) atoms. The Balaban J connectivity index is 1.96. The monoisotopic (exact) mass is 350 g/mol. The average Bonchev–Trinajstić information content (AvgIpc) is 2.99. The standard InChI is InChI=1S/C22H26N2O2/c1-5-19-15-22(26,18-9-7-6-8-10-18)24(23-19)20(25)16-11-13-17(14-12-16)21(2,3)4/h6-14,26H,5,15H2,1-4H3. The summed E-state index contributed by atoms with van der Waals surface area (Å²) in [5, 5.41) is 17.0. The van der Waals surface area contributed by atoms with Gasteiger partial charge in [-0.3, -0.25) is 4.79 Å². The van der Waals surface area contributed by atoms with Crippen LogP contribution in [0.4, 0.5) is 0 Å². The minimum absolute atomic E-state index is 0.0214. The second-order valence-electron chi connectivity index (χ2n) is 7.82. The Morgan fingerprint density at radius 3 is 2.27 bits per heavy atom. The lowest BCUT2D eigenvalue weighted by Gasteiger charge is -2.31. The molecule has 0 fully saturated rings. The molecule has 3 rings (SSSR count). The highest BCUT2D eigenvalue weighted by Crippen LogP contribution is 2.37. The quantitative estimate of drug-likeness (QED) is 0.889. The van der Waals surface area contributed by atoms with Gasteiger partial charge < -0.3 is 5.11 Å². The van der Waals surface area contributed by atoms with E-state index in [0.29, 0.717) is 24.0 Å². The predicted octanol–water partition coefficient (Wildman–Crippen LogP) is 4.44. The molecule has 1 heterocycles. The van der Waals surface area contributed by atoms with Crippen LogP contribution in [0.15, 0.2) is 59.7 Å². The summed E-state index contributed by atoms with van der Waals surface area (Å²) in [7, 11) is 0. The summed E-state index contributed by atoms with van der Waals surface area (Å²) in [6.07, 6.45) is 1.03. The van der Waals surface area contributed by atoms with E-state index in [9.17, 15) is 9.90 Å². The molecule has 0 aromatic heterocycles. The molecule has 0 radical (unpaired) electrons. The molecule has 0 saturated carbocycles. The lowest BCUT2D eigenvalue weighted by Crippen LogP contribution is -2.43. The molecule has 136 valence electrons. The molecule has 0 spiro atoms. The molecule has 0 bridgehead atoms. The summed E-state index contributed by atoms with van der Waals surface area (Å²) in [5.74, 6) is -0.291. The van der Waals surface area contributed by atoms with Gasteiger partial charge in [-0.25, -0.2) is 0 Å². The van der Waals surface area contributed by atoms with E-state index in [0.717, 1.165) is 11.3 Å². The molecule has 1 atom stereocenters. The van der Waals surface area contributed by atoms with Crippen LogP contribution >= 0.6 is 0 Å². The van der Waals surface area contributed by atoms with E-state index in [1.54, 1.807) is 0 Å². The van der Waals surface area contributed by atoms with Crippen LogP contribution in [0.5, 0.6) is 0 Å². The summed E-state index contributed by atoms with van der Waals surface area (Å²) in [6, 6.07) is 16.8. The zero-order valence-corrected chi connectivity index (χ0v) is 15.9. The van der Waals surface area contributed by atoms with Crippen LogP contribution in [-0.4, -0.2) is 21.7 Å². The van der Waals surface area contributed by atoms with Gasteiger partial charge in [-0.1, -0.05) is 70.2 Å². The third-order valence-electron chi connectivity index (χ3n) is 4.88. The fourth-order valence-electron chi connectivity index (χ4n) is 3.19. The number of amides is 1. The molecule has 1 unspecified atom stereocenters. The first kappa shape index (κ1) is 18.3. The second kappa shape index (κ2) is 6.69. The van der Waals surface area contributed by atoms with E-state index < -0.39 is 5.72 Å². The Kier molecular flexibility index (Phi) is 4.72. The van der Waals surface area contributed by atoms with Crippen molar-refractivity contribution in [3.63, 3.8) is 0 Å². The van der Waals surface area contributed by atoms with Crippen molar-refractivity contribution >= 4 is 11.6 Å². The fourth-order valence-corrected chi connectivity index (χ4v) is 3.19. The van der Waals surface area contributed by atoms with Crippen molar-refractivity contribution in [1.82, 2.24) is 5.01 Å². The molecule has 2 aromatic carbocycles. The molecular weight excluding hydrogens is 324 g/mol. The zero-order valence-electron chi connectivity index (χ0n) is 15.9. The summed E-state index contributed by atoms with van der Waals surface area (Å²) in [6.45, 7) is 8.39. The predicted molar refractivity (Wildman–Crippen MR) is 104 cm³/mol. The Morgan fingerprint density at radius 2 is 1.73 bits per heavy atom. The third kappa shape index (κ3) is 3.29. The summed E-state index contributed by atoms with van der Waals surface area (Å²) >= 11 is 0. The average molecular weight is 350 g/mol.